The Labute approximate surface area is 243 Å². The zero-order valence-corrected chi connectivity index (χ0v) is 26.2. The van der Waals surface area contributed by atoms with Gasteiger partial charge in [-0.05, 0) is 50.2 Å². The normalized spacial score (nSPS) is 32.5. The van der Waals surface area contributed by atoms with Crippen molar-refractivity contribution in [2.45, 2.75) is 124 Å². The van der Waals surface area contributed by atoms with Crippen molar-refractivity contribution in [1.29, 1.82) is 0 Å². The van der Waals surface area contributed by atoms with Gasteiger partial charge in [-0.15, -0.1) is 11.3 Å². The molecule has 0 spiro atoms. The summed E-state index contributed by atoms with van der Waals surface area (Å²) in [5.41, 5.74) is 0.365. The van der Waals surface area contributed by atoms with Gasteiger partial charge in [0.2, 0.25) is 5.91 Å². The molecule has 40 heavy (non-hydrogen) atoms. The van der Waals surface area contributed by atoms with Crippen LogP contribution in [0.15, 0.2) is 11.0 Å². The number of esters is 1. The van der Waals surface area contributed by atoms with Crippen LogP contribution >= 0.6 is 11.3 Å². The number of hydrogen-bond acceptors (Lipinski definition) is 8. The zero-order valence-electron chi connectivity index (χ0n) is 25.3. The van der Waals surface area contributed by atoms with E-state index in [0.717, 1.165) is 35.5 Å². The van der Waals surface area contributed by atoms with Crippen LogP contribution in [0.1, 0.15) is 97.7 Å². The maximum Gasteiger partial charge on any atom is 0.309 e. The fourth-order valence-corrected chi connectivity index (χ4v) is 6.49. The summed E-state index contributed by atoms with van der Waals surface area (Å²) in [4.78, 5) is 46.1. The van der Waals surface area contributed by atoms with Crippen LogP contribution in [0.2, 0.25) is 0 Å². The van der Waals surface area contributed by atoms with Crippen molar-refractivity contribution in [1.82, 2.24) is 9.88 Å². The SMILES string of the molecule is CC(=Cc1csc(C)n1)[C@@H]1C[C@H]2[C@@H](CCC[C@H](C)[C@H](O)[C@@H](C)C(=O)C(C)(C)[C@@H](O)CC(=O)O1)N2C(=O)CC(C)C. The lowest BCUT2D eigenvalue weighted by Crippen LogP contribution is -2.45. The summed E-state index contributed by atoms with van der Waals surface area (Å²) in [6.45, 7) is 14.7. The monoisotopic (exact) mass is 576 g/mol. The van der Waals surface area contributed by atoms with Crippen molar-refractivity contribution in [3.05, 3.63) is 21.7 Å². The van der Waals surface area contributed by atoms with Crippen molar-refractivity contribution in [3.8, 4) is 0 Å². The summed E-state index contributed by atoms with van der Waals surface area (Å²) in [7, 11) is 0. The van der Waals surface area contributed by atoms with Gasteiger partial charge in [0, 0.05) is 24.1 Å². The number of nitrogens with zero attached hydrogens (tertiary/aromatic N) is 2. The van der Waals surface area contributed by atoms with Gasteiger partial charge in [-0.3, -0.25) is 14.4 Å². The first kappa shape index (κ1) is 32.4. The van der Waals surface area contributed by atoms with Gasteiger partial charge in [0.25, 0.3) is 0 Å². The number of rotatable bonds is 4. The van der Waals surface area contributed by atoms with E-state index in [1.54, 1.807) is 32.1 Å². The number of aliphatic hydroxyl groups is 2. The lowest BCUT2D eigenvalue weighted by atomic mass is 9.73. The van der Waals surface area contributed by atoms with Gasteiger partial charge in [0.15, 0.2) is 0 Å². The highest BCUT2D eigenvalue weighted by molar-refractivity contribution is 7.09. The molecule has 0 bridgehead atoms. The summed E-state index contributed by atoms with van der Waals surface area (Å²) in [6, 6.07) is -0.0119. The predicted molar refractivity (Wildman–Crippen MR) is 156 cm³/mol. The average Bonchev–Trinajstić information content (AvgIpc) is 3.39. The molecule has 2 aliphatic heterocycles. The third kappa shape index (κ3) is 7.79. The van der Waals surface area contributed by atoms with Crippen molar-refractivity contribution in [2.75, 3.05) is 0 Å². The third-order valence-electron chi connectivity index (χ3n) is 8.69. The van der Waals surface area contributed by atoms with Gasteiger partial charge in [-0.25, -0.2) is 4.98 Å². The first-order chi connectivity index (χ1) is 18.6. The van der Waals surface area contributed by atoms with E-state index >= 15 is 0 Å². The Morgan fingerprint density at radius 1 is 1.23 bits per heavy atom. The van der Waals surface area contributed by atoms with E-state index < -0.39 is 35.6 Å². The van der Waals surface area contributed by atoms with Crippen molar-refractivity contribution in [3.63, 3.8) is 0 Å². The highest BCUT2D eigenvalue weighted by atomic mass is 32.1. The fourth-order valence-electron chi connectivity index (χ4n) is 5.92. The minimum Gasteiger partial charge on any atom is -0.458 e. The van der Waals surface area contributed by atoms with Crippen LogP contribution in [0.25, 0.3) is 6.08 Å². The first-order valence-electron chi connectivity index (χ1n) is 14.6. The Kier molecular flexibility index (Phi) is 10.7. The minimum absolute atomic E-state index is 0.0441. The molecule has 3 heterocycles. The number of carbonyl (C=O) groups excluding carboxylic acids is 3. The molecule has 0 radical (unpaired) electrons. The molecule has 1 amide bonds. The van der Waals surface area contributed by atoms with Gasteiger partial charge in [-0.1, -0.05) is 48.0 Å². The van der Waals surface area contributed by atoms with Crippen molar-refractivity contribution >= 4 is 35.1 Å². The Balaban J connectivity index is 1.93. The van der Waals surface area contributed by atoms with Crippen molar-refractivity contribution < 1.29 is 29.3 Å². The number of ether oxygens (including phenoxy) is 1. The summed E-state index contributed by atoms with van der Waals surface area (Å²) in [6.07, 6.45) is 2.05. The molecule has 9 heteroatoms. The summed E-state index contributed by atoms with van der Waals surface area (Å²) in [5, 5.41) is 24.8. The van der Waals surface area contributed by atoms with Crippen molar-refractivity contribution in [2.24, 2.45) is 23.2 Å². The Morgan fingerprint density at radius 3 is 2.50 bits per heavy atom. The largest absolute Gasteiger partial charge is 0.458 e. The molecule has 8 nitrogen and oxygen atoms in total. The van der Waals surface area contributed by atoms with Crippen LogP contribution in [0.3, 0.4) is 0 Å². The highest BCUT2D eigenvalue weighted by Crippen LogP contribution is 2.40. The standard InChI is InChI=1S/C31H48N2O6S/c1-17(2)12-27(35)33-23-11-9-10-18(3)29(37)20(5)30(38)31(7,8)26(34)15-28(36)39-25(14-24(23)33)19(4)13-22-16-40-21(6)32-22/h13,16-18,20,23-26,29,34,37H,9-12,14-15H2,1-8H3/t18-,20+,23+,24-,25-,26-,29-,33?/m0/s1. The second kappa shape index (κ2) is 13.3. The fraction of sp³-hybridized carbons (Fsp3) is 0.742. The van der Waals surface area contributed by atoms with Crippen LogP contribution < -0.4 is 0 Å². The Bertz CT molecular complexity index is 1100. The number of ketones is 1. The summed E-state index contributed by atoms with van der Waals surface area (Å²) in [5.74, 6) is -1.36. The molecule has 2 aliphatic rings. The van der Waals surface area contributed by atoms with Crippen LogP contribution in [0.5, 0.6) is 0 Å². The van der Waals surface area contributed by atoms with E-state index in [-0.39, 0.29) is 42.0 Å². The Hall–Kier alpha value is -2.10. The minimum atomic E-state index is -1.27. The number of fused-ring (bicyclic) bond motifs is 1. The van der Waals surface area contributed by atoms with Gasteiger partial charge in [-0.2, -0.15) is 0 Å². The van der Waals surface area contributed by atoms with Gasteiger partial charge in [0.1, 0.15) is 11.9 Å². The highest BCUT2D eigenvalue weighted by Gasteiger charge is 2.51. The molecule has 2 saturated heterocycles. The third-order valence-corrected chi connectivity index (χ3v) is 9.48. The quantitative estimate of drug-likeness (QED) is 0.385. The molecule has 2 N–H and O–H groups in total. The maximum absolute atomic E-state index is 13.3. The average molecular weight is 577 g/mol. The molecule has 0 saturated carbocycles. The lowest BCUT2D eigenvalue weighted by molar-refractivity contribution is -0.154. The van der Waals surface area contributed by atoms with Crippen LogP contribution in [0, 0.1) is 30.1 Å². The van der Waals surface area contributed by atoms with Crippen LogP contribution in [-0.4, -0.2) is 68.2 Å². The molecule has 2 fully saturated rings. The van der Waals surface area contributed by atoms with E-state index in [2.05, 4.69) is 4.98 Å². The molecule has 7 atom stereocenters. The van der Waals surface area contributed by atoms with Gasteiger partial charge in [0.05, 0.1) is 46.8 Å². The van der Waals surface area contributed by atoms with E-state index in [9.17, 15) is 24.6 Å². The summed E-state index contributed by atoms with van der Waals surface area (Å²) >= 11 is 1.54. The van der Waals surface area contributed by atoms with E-state index in [4.69, 9.17) is 4.74 Å². The number of cyclic esters (lactones) is 1. The maximum atomic E-state index is 13.3. The number of aryl methyl sites for hydroxylation is 1. The smallest absolute Gasteiger partial charge is 0.309 e. The first-order valence-corrected chi connectivity index (χ1v) is 15.5. The molecule has 1 aromatic rings. The Morgan fingerprint density at radius 2 is 1.90 bits per heavy atom. The molecular formula is C31H48N2O6S. The topological polar surface area (TPSA) is 117 Å². The second-order valence-corrected chi connectivity index (χ2v) is 14.0. The predicted octanol–water partition coefficient (Wildman–Crippen LogP) is 4.95. The zero-order chi connectivity index (χ0) is 29.9. The molecule has 224 valence electrons. The number of carbonyl (C=O) groups is 3. The number of hydrogen-bond donors (Lipinski definition) is 2. The number of aliphatic hydroxyl groups excluding tert-OH is 2. The van der Waals surface area contributed by atoms with Gasteiger partial charge < -0.3 is 19.8 Å². The number of thiazole rings is 1. The molecule has 1 aromatic heterocycles. The van der Waals surface area contributed by atoms with E-state index in [1.165, 1.54) is 0 Å². The molecular weight excluding hydrogens is 528 g/mol. The number of Topliss-reactive ketones (excluding diaryl/α,β-unsaturated/α-hetero) is 1. The van der Waals surface area contributed by atoms with Crippen LogP contribution in [0.4, 0.5) is 0 Å². The second-order valence-electron chi connectivity index (χ2n) is 12.9. The lowest BCUT2D eigenvalue weighted by Gasteiger charge is -2.34. The molecule has 0 aliphatic carbocycles. The van der Waals surface area contributed by atoms with E-state index in [1.807, 2.05) is 51.0 Å². The van der Waals surface area contributed by atoms with E-state index in [0.29, 0.717) is 12.8 Å². The number of aromatic nitrogens is 1. The molecule has 0 aromatic carbocycles. The van der Waals surface area contributed by atoms with Crippen LogP contribution in [-0.2, 0) is 19.1 Å². The summed E-state index contributed by atoms with van der Waals surface area (Å²) < 4.78 is 5.97. The van der Waals surface area contributed by atoms with Gasteiger partial charge >= 0.3 is 5.97 Å². The molecule has 0 unspecified atom stereocenters. The number of amides is 1. The molecule has 3 rings (SSSR count).